The largest absolute Gasteiger partial charge is 0.464 e. The second-order valence-electron chi connectivity index (χ2n) is 5.95. The molecule has 0 aliphatic rings. The number of H-pyrrole nitrogens is 1. The predicted octanol–water partition coefficient (Wildman–Crippen LogP) is 3.43. The summed E-state index contributed by atoms with van der Waals surface area (Å²) in [7, 11) is 0. The number of aromatic amines is 1. The first kappa shape index (κ1) is 14.3. The number of furan rings is 1. The van der Waals surface area contributed by atoms with E-state index in [2.05, 4.69) is 16.2 Å². The lowest BCUT2D eigenvalue weighted by molar-refractivity contribution is 0.616. The molecule has 0 amide bonds. The van der Waals surface area contributed by atoms with Gasteiger partial charge in [-0.25, -0.2) is 0 Å². The van der Waals surface area contributed by atoms with Crippen LogP contribution in [0.2, 0.25) is 0 Å². The van der Waals surface area contributed by atoms with E-state index in [4.69, 9.17) is 4.42 Å². The highest BCUT2D eigenvalue weighted by Gasteiger charge is 2.21. The van der Waals surface area contributed by atoms with Crippen LogP contribution in [-0.4, -0.2) is 14.6 Å². The van der Waals surface area contributed by atoms with Crippen molar-refractivity contribution < 1.29 is 4.42 Å². The number of para-hydroxylation sites is 1. The number of hydrogen-bond acceptors (Lipinski definition) is 4. The molecule has 0 spiro atoms. The fraction of sp³-hybridized carbons (Fsp3) is 0.167. The minimum Gasteiger partial charge on any atom is -0.464 e. The minimum absolute atomic E-state index is 0.0171. The molecule has 6 nitrogen and oxygen atoms in total. The molecule has 0 atom stereocenters. The normalized spacial score (nSPS) is 11.4. The molecule has 4 rings (SSSR count). The highest BCUT2D eigenvalue weighted by atomic mass is 16.3. The number of nitrogens with zero attached hydrogens (tertiary/aromatic N) is 3. The van der Waals surface area contributed by atoms with E-state index < -0.39 is 0 Å². The molecule has 0 unspecified atom stereocenters. The molecule has 0 aliphatic carbocycles. The van der Waals surface area contributed by atoms with Crippen LogP contribution in [0.15, 0.2) is 45.9 Å². The van der Waals surface area contributed by atoms with E-state index >= 15 is 0 Å². The quantitative estimate of drug-likeness (QED) is 0.613. The second-order valence-corrected chi connectivity index (χ2v) is 5.95. The first-order valence-corrected chi connectivity index (χ1v) is 7.62. The van der Waals surface area contributed by atoms with Gasteiger partial charge in [0, 0.05) is 16.5 Å². The molecule has 0 radical (unpaired) electrons. The van der Waals surface area contributed by atoms with Gasteiger partial charge in [-0.2, -0.15) is 14.9 Å². The summed E-state index contributed by atoms with van der Waals surface area (Å²) in [6, 6.07) is 9.71. The molecule has 4 aromatic rings. The molecule has 0 saturated heterocycles. The van der Waals surface area contributed by atoms with Crippen molar-refractivity contribution >= 4 is 16.6 Å². The topological polar surface area (TPSA) is 87.1 Å². The van der Waals surface area contributed by atoms with Crippen molar-refractivity contribution in [3.8, 4) is 17.3 Å². The van der Waals surface area contributed by atoms with Crippen LogP contribution in [0.25, 0.3) is 27.9 Å². The van der Waals surface area contributed by atoms with Crippen molar-refractivity contribution in [3.05, 3.63) is 58.2 Å². The van der Waals surface area contributed by atoms with Gasteiger partial charge in [-0.3, -0.25) is 4.79 Å². The summed E-state index contributed by atoms with van der Waals surface area (Å²) in [5, 5.41) is 14.2. The van der Waals surface area contributed by atoms with Crippen LogP contribution in [-0.2, 0) is 0 Å². The van der Waals surface area contributed by atoms with Gasteiger partial charge in [-0.05, 0) is 12.0 Å². The number of benzene rings is 1. The Bertz CT molecular complexity index is 1170. The average molecular weight is 318 g/mol. The van der Waals surface area contributed by atoms with Crippen LogP contribution in [0.5, 0.6) is 0 Å². The molecular formula is C18H14N4O2. The molecule has 1 aromatic carbocycles. The maximum absolute atomic E-state index is 12.9. The summed E-state index contributed by atoms with van der Waals surface area (Å²) in [5.74, 6) is -0.0171. The first-order chi connectivity index (χ1) is 11.6. The Balaban J connectivity index is 2.16. The highest BCUT2D eigenvalue weighted by Crippen LogP contribution is 2.33. The van der Waals surface area contributed by atoms with Gasteiger partial charge in [0.1, 0.15) is 23.5 Å². The maximum Gasteiger partial charge on any atom is 0.278 e. The van der Waals surface area contributed by atoms with Gasteiger partial charge in [0.25, 0.3) is 5.56 Å². The van der Waals surface area contributed by atoms with Crippen molar-refractivity contribution in [2.24, 2.45) is 0 Å². The third-order valence-electron chi connectivity index (χ3n) is 4.15. The molecule has 6 heteroatoms. The van der Waals surface area contributed by atoms with E-state index in [1.165, 1.54) is 10.7 Å². The van der Waals surface area contributed by atoms with Crippen molar-refractivity contribution in [2.45, 2.75) is 19.8 Å². The highest BCUT2D eigenvalue weighted by molar-refractivity contribution is 5.94. The van der Waals surface area contributed by atoms with Crippen LogP contribution in [0, 0.1) is 11.3 Å². The van der Waals surface area contributed by atoms with Gasteiger partial charge < -0.3 is 9.40 Å². The van der Waals surface area contributed by atoms with Crippen LogP contribution in [0.3, 0.4) is 0 Å². The fourth-order valence-electron chi connectivity index (χ4n) is 3.03. The zero-order chi connectivity index (χ0) is 16.8. The van der Waals surface area contributed by atoms with Gasteiger partial charge in [-0.1, -0.05) is 32.0 Å². The number of nitriles is 1. The van der Waals surface area contributed by atoms with E-state index in [0.29, 0.717) is 22.5 Å². The van der Waals surface area contributed by atoms with Gasteiger partial charge in [0.05, 0.1) is 11.9 Å². The second kappa shape index (κ2) is 5.10. The zero-order valence-electron chi connectivity index (χ0n) is 13.2. The zero-order valence-corrected chi connectivity index (χ0v) is 13.2. The lowest BCUT2D eigenvalue weighted by atomic mass is 9.98. The fourth-order valence-corrected chi connectivity index (χ4v) is 3.03. The molecule has 0 aliphatic heterocycles. The van der Waals surface area contributed by atoms with E-state index in [-0.39, 0.29) is 11.5 Å². The molecule has 1 N–H and O–H groups in total. The van der Waals surface area contributed by atoms with E-state index in [1.807, 2.05) is 38.1 Å². The van der Waals surface area contributed by atoms with Crippen LogP contribution >= 0.6 is 0 Å². The summed E-state index contributed by atoms with van der Waals surface area (Å²) in [4.78, 5) is 16.1. The molecule has 118 valence electrons. The summed E-state index contributed by atoms with van der Waals surface area (Å²) >= 11 is 0. The molecule has 0 saturated carbocycles. The van der Waals surface area contributed by atoms with Crippen molar-refractivity contribution in [1.82, 2.24) is 14.6 Å². The van der Waals surface area contributed by atoms with Crippen LogP contribution in [0.4, 0.5) is 0 Å². The smallest absolute Gasteiger partial charge is 0.278 e. The maximum atomic E-state index is 12.9. The van der Waals surface area contributed by atoms with Gasteiger partial charge in [0.15, 0.2) is 5.65 Å². The molecule has 3 heterocycles. The lowest BCUT2D eigenvalue weighted by Crippen LogP contribution is -2.22. The Morgan fingerprint density at radius 3 is 2.88 bits per heavy atom. The van der Waals surface area contributed by atoms with Gasteiger partial charge in [-0.15, -0.1) is 0 Å². The summed E-state index contributed by atoms with van der Waals surface area (Å²) in [5.41, 5.74) is 3.34. The number of nitrogens with one attached hydrogen (secondary N) is 1. The third kappa shape index (κ3) is 1.88. The minimum atomic E-state index is -0.222. The van der Waals surface area contributed by atoms with Gasteiger partial charge in [0.2, 0.25) is 0 Å². The Hall–Kier alpha value is -3.33. The van der Waals surface area contributed by atoms with Crippen molar-refractivity contribution in [1.29, 1.82) is 5.26 Å². The molecular weight excluding hydrogens is 304 g/mol. The summed E-state index contributed by atoms with van der Waals surface area (Å²) in [6.45, 7) is 3.91. The lowest BCUT2D eigenvalue weighted by Gasteiger charge is -2.12. The van der Waals surface area contributed by atoms with Crippen LogP contribution in [0.1, 0.15) is 30.9 Å². The number of aromatic nitrogens is 3. The van der Waals surface area contributed by atoms with Gasteiger partial charge >= 0.3 is 0 Å². The van der Waals surface area contributed by atoms with Crippen molar-refractivity contribution in [3.63, 3.8) is 0 Å². The molecule has 24 heavy (non-hydrogen) atoms. The Labute approximate surface area is 137 Å². The Kier molecular flexibility index (Phi) is 3.03. The number of hydrogen-bond donors (Lipinski definition) is 1. The number of rotatable bonds is 2. The molecule has 0 fully saturated rings. The standard InChI is InChI=1S/C18H14N4O2/c1-10(2)15-16(13-9-24-14-6-4-3-5-12(13)14)21-17-11(7-19)8-20-22(17)18(15)23/h3-6,8-10,21H,1-2H3. The van der Waals surface area contributed by atoms with E-state index in [1.54, 1.807) is 6.26 Å². The van der Waals surface area contributed by atoms with E-state index in [0.717, 1.165) is 16.5 Å². The first-order valence-electron chi connectivity index (χ1n) is 7.62. The Morgan fingerprint density at radius 2 is 2.12 bits per heavy atom. The number of fused-ring (bicyclic) bond motifs is 2. The van der Waals surface area contributed by atoms with Crippen molar-refractivity contribution in [2.75, 3.05) is 0 Å². The predicted molar refractivity (Wildman–Crippen MR) is 89.8 cm³/mol. The van der Waals surface area contributed by atoms with E-state index in [9.17, 15) is 10.1 Å². The SMILES string of the molecule is CC(C)c1c(-c2coc3ccccc23)[nH]c2c(C#N)cnn2c1=O. The summed E-state index contributed by atoms with van der Waals surface area (Å²) < 4.78 is 6.87. The molecule has 0 bridgehead atoms. The third-order valence-corrected chi connectivity index (χ3v) is 4.15. The molecule has 3 aromatic heterocycles. The summed E-state index contributed by atoms with van der Waals surface area (Å²) in [6.07, 6.45) is 3.04. The monoisotopic (exact) mass is 318 g/mol. The van der Waals surface area contributed by atoms with Crippen LogP contribution < -0.4 is 5.56 Å². The average Bonchev–Trinajstić information content (AvgIpc) is 3.18. The Morgan fingerprint density at radius 1 is 1.33 bits per heavy atom.